The van der Waals surface area contributed by atoms with Crippen LogP contribution in [0.1, 0.15) is 5.56 Å². The Morgan fingerprint density at radius 3 is 2.20 bits per heavy atom. The first kappa shape index (κ1) is 12.2. The highest BCUT2D eigenvalue weighted by atomic mass is 31.2. The molecule has 84 valence electrons. The van der Waals surface area contributed by atoms with Crippen molar-refractivity contribution in [3.8, 4) is 5.75 Å². The van der Waals surface area contributed by atoms with E-state index >= 15 is 0 Å². The number of rotatable bonds is 4. The van der Waals surface area contributed by atoms with Gasteiger partial charge in [-0.1, -0.05) is 6.07 Å². The summed E-state index contributed by atoms with van der Waals surface area (Å²) >= 11 is 0. The van der Waals surface area contributed by atoms with Crippen LogP contribution < -0.4 is 10.0 Å². The Morgan fingerprint density at radius 2 is 1.73 bits per heavy atom. The Balaban J connectivity index is 3.33. The van der Waals surface area contributed by atoms with Crippen LogP contribution in [0.25, 0.3) is 0 Å². The van der Waals surface area contributed by atoms with E-state index in [0.29, 0.717) is 11.1 Å². The largest absolute Gasteiger partial charge is 0.496 e. The van der Waals surface area contributed by atoms with Crippen molar-refractivity contribution in [3.63, 3.8) is 0 Å². The van der Waals surface area contributed by atoms with E-state index in [0.717, 1.165) is 5.56 Å². The molecule has 4 nitrogen and oxygen atoms in total. The molecule has 0 N–H and O–H groups in total. The number of ether oxygens (including phenoxy) is 1. The third kappa shape index (κ3) is 2.40. The lowest BCUT2D eigenvalue weighted by Crippen LogP contribution is -2.11. The molecular formula is C10H15O4P. The van der Waals surface area contributed by atoms with Crippen molar-refractivity contribution < 1.29 is 18.3 Å². The van der Waals surface area contributed by atoms with Crippen molar-refractivity contribution in [2.24, 2.45) is 0 Å². The maximum Gasteiger partial charge on any atom is 0.364 e. The Bertz CT molecular complexity index is 381. The Morgan fingerprint density at radius 1 is 1.13 bits per heavy atom. The van der Waals surface area contributed by atoms with Crippen LogP contribution in [-0.2, 0) is 13.6 Å². The number of methoxy groups -OCH3 is 1. The molecule has 0 saturated carbocycles. The van der Waals surface area contributed by atoms with E-state index in [1.165, 1.54) is 21.3 Å². The molecule has 0 aliphatic rings. The Hall–Kier alpha value is -0.830. The summed E-state index contributed by atoms with van der Waals surface area (Å²) in [7, 11) is 0.985. The summed E-state index contributed by atoms with van der Waals surface area (Å²) in [5, 5.41) is 0.454. The molecule has 0 atom stereocenters. The first-order valence-electron chi connectivity index (χ1n) is 4.44. The predicted octanol–water partition coefficient (Wildman–Crippen LogP) is 2.11. The van der Waals surface area contributed by atoms with Crippen molar-refractivity contribution in [1.29, 1.82) is 0 Å². The number of benzene rings is 1. The molecule has 0 amide bonds. The van der Waals surface area contributed by atoms with Gasteiger partial charge in [-0.2, -0.15) is 0 Å². The monoisotopic (exact) mass is 230 g/mol. The smallest absolute Gasteiger partial charge is 0.364 e. The zero-order valence-electron chi connectivity index (χ0n) is 9.31. The summed E-state index contributed by atoms with van der Waals surface area (Å²) in [6.45, 7) is 1.90. The number of hydrogen-bond acceptors (Lipinski definition) is 4. The first-order valence-corrected chi connectivity index (χ1v) is 5.98. The molecule has 0 aromatic heterocycles. The summed E-state index contributed by atoms with van der Waals surface area (Å²) < 4.78 is 27.1. The Kier molecular flexibility index (Phi) is 3.91. The summed E-state index contributed by atoms with van der Waals surface area (Å²) in [4.78, 5) is 0. The van der Waals surface area contributed by atoms with Gasteiger partial charge < -0.3 is 13.8 Å². The lowest BCUT2D eigenvalue weighted by atomic mass is 10.2. The fourth-order valence-electron chi connectivity index (χ4n) is 1.29. The van der Waals surface area contributed by atoms with Crippen LogP contribution >= 0.6 is 7.60 Å². The maximum atomic E-state index is 12.2. The van der Waals surface area contributed by atoms with E-state index in [4.69, 9.17) is 13.8 Å². The second kappa shape index (κ2) is 4.79. The highest BCUT2D eigenvalue weighted by Crippen LogP contribution is 2.47. The summed E-state index contributed by atoms with van der Waals surface area (Å²) in [5.41, 5.74) is 0.972. The molecule has 0 heterocycles. The van der Waals surface area contributed by atoms with Crippen LogP contribution in [0.3, 0.4) is 0 Å². The molecule has 0 saturated heterocycles. The van der Waals surface area contributed by atoms with Gasteiger partial charge in [-0.05, 0) is 24.6 Å². The van der Waals surface area contributed by atoms with E-state index in [1.807, 2.05) is 13.0 Å². The molecule has 0 bridgehead atoms. The van der Waals surface area contributed by atoms with E-state index in [9.17, 15) is 4.57 Å². The van der Waals surface area contributed by atoms with Gasteiger partial charge in [0.05, 0.1) is 7.11 Å². The number of aryl methyl sites for hydroxylation is 1. The van der Waals surface area contributed by atoms with Gasteiger partial charge in [-0.25, -0.2) is 0 Å². The van der Waals surface area contributed by atoms with Gasteiger partial charge in [0, 0.05) is 14.2 Å². The van der Waals surface area contributed by atoms with Crippen LogP contribution in [0.4, 0.5) is 0 Å². The van der Waals surface area contributed by atoms with Crippen molar-refractivity contribution in [1.82, 2.24) is 0 Å². The third-order valence-corrected chi connectivity index (χ3v) is 4.01. The van der Waals surface area contributed by atoms with Crippen LogP contribution in [0, 0.1) is 6.92 Å². The highest BCUT2D eigenvalue weighted by Gasteiger charge is 2.28. The van der Waals surface area contributed by atoms with Crippen LogP contribution in [0.5, 0.6) is 5.75 Å². The third-order valence-electron chi connectivity index (χ3n) is 2.11. The Labute approximate surface area is 89.7 Å². The average molecular weight is 230 g/mol. The second-order valence-corrected chi connectivity index (χ2v) is 5.24. The second-order valence-electron chi connectivity index (χ2n) is 3.04. The normalized spacial score (nSPS) is 11.5. The molecule has 0 unspecified atom stereocenters. The first-order chi connectivity index (χ1) is 7.07. The van der Waals surface area contributed by atoms with Crippen molar-refractivity contribution in [3.05, 3.63) is 23.8 Å². The standard InChI is InChI=1S/C10H15O4P/c1-8-5-6-9(12-2)10(7-8)15(11,13-3)14-4/h5-7H,1-4H3. The summed E-state index contributed by atoms with van der Waals surface area (Å²) in [6, 6.07) is 5.36. The molecule has 0 fully saturated rings. The zero-order chi connectivity index (χ0) is 11.5. The topological polar surface area (TPSA) is 44.8 Å². The lowest BCUT2D eigenvalue weighted by molar-refractivity contribution is 0.286. The van der Waals surface area contributed by atoms with Crippen molar-refractivity contribution in [2.75, 3.05) is 21.3 Å². The predicted molar refractivity (Wildman–Crippen MR) is 59.0 cm³/mol. The minimum atomic E-state index is -3.24. The van der Waals surface area contributed by atoms with Gasteiger partial charge >= 0.3 is 7.60 Å². The molecule has 15 heavy (non-hydrogen) atoms. The molecule has 0 aliphatic carbocycles. The zero-order valence-corrected chi connectivity index (χ0v) is 10.2. The summed E-state index contributed by atoms with van der Waals surface area (Å²) in [5.74, 6) is 0.507. The van der Waals surface area contributed by atoms with Gasteiger partial charge in [0.15, 0.2) is 0 Å². The molecule has 5 heteroatoms. The molecular weight excluding hydrogens is 215 g/mol. The fourth-order valence-corrected chi connectivity index (χ4v) is 2.63. The van der Waals surface area contributed by atoms with Gasteiger partial charge in [0.25, 0.3) is 0 Å². The fraction of sp³-hybridized carbons (Fsp3) is 0.400. The van der Waals surface area contributed by atoms with Crippen LogP contribution in [0.2, 0.25) is 0 Å². The minimum Gasteiger partial charge on any atom is -0.496 e. The minimum absolute atomic E-state index is 0.454. The van der Waals surface area contributed by atoms with E-state index < -0.39 is 7.60 Å². The molecule has 0 radical (unpaired) electrons. The quantitative estimate of drug-likeness (QED) is 0.743. The van der Waals surface area contributed by atoms with E-state index in [-0.39, 0.29) is 0 Å². The van der Waals surface area contributed by atoms with Gasteiger partial charge in [0.2, 0.25) is 0 Å². The average Bonchev–Trinajstić information content (AvgIpc) is 2.28. The molecule has 0 spiro atoms. The van der Waals surface area contributed by atoms with E-state index in [1.54, 1.807) is 12.1 Å². The van der Waals surface area contributed by atoms with Gasteiger partial charge in [-0.15, -0.1) is 0 Å². The number of hydrogen-bond donors (Lipinski definition) is 0. The van der Waals surface area contributed by atoms with Gasteiger partial charge in [-0.3, -0.25) is 4.57 Å². The highest BCUT2D eigenvalue weighted by molar-refractivity contribution is 7.62. The maximum absolute atomic E-state index is 12.2. The van der Waals surface area contributed by atoms with Crippen LogP contribution in [-0.4, -0.2) is 21.3 Å². The molecule has 1 aromatic carbocycles. The van der Waals surface area contributed by atoms with E-state index in [2.05, 4.69) is 0 Å². The molecule has 1 aromatic rings. The lowest BCUT2D eigenvalue weighted by Gasteiger charge is -2.17. The molecule has 1 rings (SSSR count). The SMILES string of the molecule is COc1ccc(C)cc1P(=O)(OC)OC. The summed E-state index contributed by atoms with van der Waals surface area (Å²) in [6.07, 6.45) is 0. The van der Waals surface area contributed by atoms with Crippen LogP contribution in [0.15, 0.2) is 18.2 Å². The van der Waals surface area contributed by atoms with Crippen molar-refractivity contribution >= 4 is 12.9 Å². The molecule has 0 aliphatic heterocycles. The van der Waals surface area contributed by atoms with Gasteiger partial charge in [0.1, 0.15) is 11.1 Å². The van der Waals surface area contributed by atoms with Crippen molar-refractivity contribution in [2.45, 2.75) is 6.92 Å².